The number of piperidine rings is 1. The topological polar surface area (TPSA) is 84.4 Å². The van der Waals surface area contributed by atoms with Crippen LogP contribution in [-0.2, 0) is 21.9 Å². The van der Waals surface area contributed by atoms with Gasteiger partial charge in [0.05, 0.1) is 35.5 Å². The van der Waals surface area contributed by atoms with Crippen LogP contribution in [0.4, 0.5) is 36.4 Å². The number of rotatable bonds is 10. The van der Waals surface area contributed by atoms with E-state index in [0.717, 1.165) is 47.2 Å². The van der Waals surface area contributed by atoms with Crippen LogP contribution in [-0.4, -0.2) is 91.8 Å². The number of benzene rings is 3. The van der Waals surface area contributed by atoms with Crippen molar-refractivity contribution in [2.24, 2.45) is 0 Å². The number of hydrogen-bond donors (Lipinski definition) is 0. The van der Waals surface area contributed by atoms with Crippen LogP contribution < -0.4 is 14.4 Å². The Morgan fingerprint density at radius 1 is 0.818 bits per heavy atom. The maximum Gasteiger partial charge on any atom is 0.417 e. The molecule has 2 aliphatic rings. The molecule has 55 heavy (non-hydrogen) atoms. The first kappa shape index (κ1) is 39.3. The van der Waals surface area contributed by atoms with Gasteiger partial charge in [-0.05, 0) is 66.6 Å². The predicted molar refractivity (Wildman–Crippen MR) is 186 cm³/mol. The molecule has 4 aromatic rings. The van der Waals surface area contributed by atoms with E-state index < -0.39 is 64.7 Å². The van der Waals surface area contributed by atoms with Gasteiger partial charge < -0.3 is 28.9 Å². The number of para-hydroxylation sites is 2. The lowest BCUT2D eigenvalue weighted by Crippen LogP contribution is -2.67. The van der Waals surface area contributed by atoms with Crippen LogP contribution in [0.15, 0.2) is 91.3 Å². The van der Waals surface area contributed by atoms with Gasteiger partial charge in [0.25, 0.3) is 11.8 Å². The van der Waals surface area contributed by atoms with E-state index in [0.29, 0.717) is 43.7 Å². The summed E-state index contributed by atoms with van der Waals surface area (Å²) in [7, 11) is 1.56. The lowest BCUT2D eigenvalue weighted by Gasteiger charge is -2.49. The molecule has 0 spiro atoms. The normalized spacial score (nSPS) is 19.3. The smallest absolute Gasteiger partial charge is 0.417 e. The standard InChI is InChI=1S/C39H37F7N4O5/c1-53-22-23-54-34-5-3-2-4-33(34)48-18-20-49(21-19-48)36(52)37(55-29-12-8-27(9-13-29)38(41,42)43)25-50(17-15-31(37)26-6-10-28(40)11-7-26)35(51)30-24-47-16-14-32(30)39(44,45)46/h2-14,16,24,31H,15,17-23,25H2,1H3. The molecular weight excluding hydrogens is 737 g/mol. The van der Waals surface area contributed by atoms with Crippen molar-refractivity contribution in [1.82, 2.24) is 14.8 Å². The molecule has 2 amide bonds. The lowest BCUT2D eigenvalue weighted by atomic mass is 9.75. The van der Waals surface area contributed by atoms with Crippen molar-refractivity contribution in [3.8, 4) is 11.5 Å². The molecule has 2 aliphatic heterocycles. The number of hydrogen-bond acceptors (Lipinski definition) is 7. The Bertz CT molecular complexity index is 1950. The van der Waals surface area contributed by atoms with Crippen LogP contribution in [0.2, 0.25) is 0 Å². The number of aromatic nitrogens is 1. The molecule has 292 valence electrons. The molecule has 1 aromatic heterocycles. The number of ether oxygens (including phenoxy) is 3. The van der Waals surface area contributed by atoms with E-state index >= 15 is 4.79 Å². The zero-order valence-corrected chi connectivity index (χ0v) is 29.6. The maximum absolute atomic E-state index is 15.1. The second-order valence-corrected chi connectivity index (χ2v) is 13.1. The van der Waals surface area contributed by atoms with Crippen molar-refractivity contribution in [2.75, 3.05) is 64.5 Å². The quantitative estimate of drug-likeness (QED) is 0.126. The highest BCUT2D eigenvalue weighted by atomic mass is 19.4. The summed E-state index contributed by atoms with van der Waals surface area (Å²) in [5, 5.41) is 0. The average molecular weight is 775 g/mol. The second kappa shape index (κ2) is 16.2. The van der Waals surface area contributed by atoms with Crippen molar-refractivity contribution >= 4 is 17.5 Å². The predicted octanol–water partition coefficient (Wildman–Crippen LogP) is 7.08. The van der Waals surface area contributed by atoms with Crippen molar-refractivity contribution in [1.29, 1.82) is 0 Å². The molecule has 0 aliphatic carbocycles. The highest BCUT2D eigenvalue weighted by molar-refractivity contribution is 5.97. The number of methoxy groups -OCH3 is 1. The van der Waals surface area contributed by atoms with Crippen molar-refractivity contribution in [3.63, 3.8) is 0 Å². The molecule has 9 nitrogen and oxygen atoms in total. The van der Waals surface area contributed by atoms with Gasteiger partial charge in [0.1, 0.15) is 23.9 Å². The van der Waals surface area contributed by atoms with E-state index in [1.54, 1.807) is 7.11 Å². The van der Waals surface area contributed by atoms with Gasteiger partial charge in [0, 0.05) is 58.1 Å². The van der Waals surface area contributed by atoms with Crippen LogP contribution >= 0.6 is 0 Å². The molecule has 2 fully saturated rings. The van der Waals surface area contributed by atoms with Gasteiger partial charge in [0.2, 0.25) is 5.60 Å². The monoisotopic (exact) mass is 774 g/mol. The first-order valence-corrected chi connectivity index (χ1v) is 17.4. The van der Waals surface area contributed by atoms with Gasteiger partial charge >= 0.3 is 12.4 Å². The van der Waals surface area contributed by atoms with Gasteiger partial charge in [-0.15, -0.1) is 0 Å². The molecule has 2 saturated heterocycles. The van der Waals surface area contributed by atoms with Crippen molar-refractivity contribution in [3.05, 3.63) is 119 Å². The van der Waals surface area contributed by atoms with Crippen LogP contribution in [0.5, 0.6) is 11.5 Å². The summed E-state index contributed by atoms with van der Waals surface area (Å²) in [5.41, 5.74) is -3.84. The minimum Gasteiger partial charge on any atom is -0.489 e. The molecule has 2 atom stereocenters. The van der Waals surface area contributed by atoms with E-state index in [9.17, 15) is 35.5 Å². The summed E-state index contributed by atoms with van der Waals surface area (Å²) in [6.45, 7) is 0.859. The SMILES string of the molecule is COCCOc1ccccc1N1CCN(C(=O)C2(Oc3ccc(C(F)(F)F)cc3)CN(C(=O)c3cnccc3C(F)(F)F)CCC2c2ccc(F)cc2)CC1. The van der Waals surface area contributed by atoms with E-state index in [1.165, 1.54) is 29.2 Å². The summed E-state index contributed by atoms with van der Waals surface area (Å²) in [6, 6.07) is 16.9. The molecule has 2 unspecified atom stereocenters. The van der Waals surface area contributed by atoms with Gasteiger partial charge in [-0.25, -0.2) is 4.39 Å². The zero-order valence-electron chi connectivity index (χ0n) is 29.6. The maximum atomic E-state index is 15.1. The second-order valence-electron chi connectivity index (χ2n) is 13.1. The lowest BCUT2D eigenvalue weighted by molar-refractivity contribution is -0.155. The van der Waals surface area contributed by atoms with E-state index in [1.807, 2.05) is 29.2 Å². The summed E-state index contributed by atoms with van der Waals surface area (Å²) in [4.78, 5) is 37.4. The molecule has 6 rings (SSSR count). The minimum absolute atomic E-state index is 0.0302. The number of likely N-dealkylation sites (tertiary alicyclic amines) is 1. The Labute approximate surface area is 312 Å². The van der Waals surface area contributed by atoms with Crippen molar-refractivity contribution in [2.45, 2.75) is 30.3 Å². The molecule has 0 bridgehead atoms. The van der Waals surface area contributed by atoms with Crippen LogP contribution in [0, 0.1) is 5.82 Å². The molecule has 0 N–H and O–H groups in total. The number of halogens is 7. The Balaban J connectivity index is 1.39. The highest BCUT2D eigenvalue weighted by Gasteiger charge is 2.56. The zero-order chi connectivity index (χ0) is 39.4. The number of anilines is 1. The van der Waals surface area contributed by atoms with E-state index in [-0.39, 0.29) is 31.8 Å². The summed E-state index contributed by atoms with van der Waals surface area (Å²) < 4.78 is 114. The molecule has 0 radical (unpaired) electrons. The molecule has 0 saturated carbocycles. The fraction of sp³-hybridized carbons (Fsp3) is 0.359. The first-order chi connectivity index (χ1) is 26.2. The Morgan fingerprint density at radius 3 is 2.16 bits per heavy atom. The van der Waals surface area contributed by atoms with Gasteiger partial charge in [-0.2, -0.15) is 26.3 Å². The Hall–Kier alpha value is -5.38. The Morgan fingerprint density at radius 2 is 1.51 bits per heavy atom. The fourth-order valence-electron chi connectivity index (χ4n) is 7.06. The van der Waals surface area contributed by atoms with E-state index in [4.69, 9.17) is 14.2 Å². The molecule has 3 heterocycles. The minimum atomic E-state index is -4.91. The van der Waals surface area contributed by atoms with Crippen LogP contribution in [0.25, 0.3) is 0 Å². The number of amides is 2. The van der Waals surface area contributed by atoms with Crippen LogP contribution in [0.3, 0.4) is 0 Å². The molecular formula is C39H37F7N4O5. The third kappa shape index (κ3) is 8.64. The number of carbonyl (C=O) groups is 2. The number of nitrogens with zero attached hydrogens (tertiary/aromatic N) is 4. The highest BCUT2D eigenvalue weighted by Crippen LogP contribution is 2.43. The molecule has 3 aromatic carbocycles. The number of piperazine rings is 1. The largest absolute Gasteiger partial charge is 0.489 e. The van der Waals surface area contributed by atoms with Gasteiger partial charge in [-0.1, -0.05) is 24.3 Å². The third-order valence-corrected chi connectivity index (χ3v) is 9.75. The van der Waals surface area contributed by atoms with E-state index in [2.05, 4.69) is 4.98 Å². The first-order valence-electron chi connectivity index (χ1n) is 17.4. The summed E-state index contributed by atoms with van der Waals surface area (Å²) >= 11 is 0. The van der Waals surface area contributed by atoms with Gasteiger partial charge in [-0.3, -0.25) is 14.6 Å². The van der Waals surface area contributed by atoms with Crippen molar-refractivity contribution < 1.29 is 54.5 Å². The van der Waals surface area contributed by atoms with Crippen LogP contribution in [0.1, 0.15) is 39.4 Å². The third-order valence-electron chi connectivity index (χ3n) is 9.75. The number of alkyl halides is 6. The summed E-state index contributed by atoms with van der Waals surface area (Å²) in [6.07, 6.45) is -7.91. The molecule has 16 heteroatoms. The number of pyridine rings is 1. The number of carbonyl (C=O) groups excluding carboxylic acids is 2. The Kier molecular flexibility index (Phi) is 11.5. The fourth-order valence-corrected chi connectivity index (χ4v) is 7.06. The summed E-state index contributed by atoms with van der Waals surface area (Å²) in [5.74, 6) is -2.76. The van der Waals surface area contributed by atoms with Gasteiger partial charge in [0.15, 0.2) is 0 Å². The average Bonchev–Trinajstić information content (AvgIpc) is 3.17.